The third-order valence-corrected chi connectivity index (χ3v) is 10.6. The number of nitrogens with zero attached hydrogens (tertiary/aromatic N) is 1. The normalized spacial score (nSPS) is 29.5. The van der Waals surface area contributed by atoms with Gasteiger partial charge < -0.3 is 21.3 Å². The van der Waals surface area contributed by atoms with Gasteiger partial charge in [0.2, 0.25) is 5.91 Å². The van der Waals surface area contributed by atoms with Crippen molar-refractivity contribution in [1.29, 1.82) is 0 Å². The van der Waals surface area contributed by atoms with Gasteiger partial charge in [-0.25, -0.2) is 0 Å². The summed E-state index contributed by atoms with van der Waals surface area (Å²) >= 11 is 0. The number of rotatable bonds is 9. The lowest BCUT2D eigenvalue weighted by atomic mass is 9.57. The minimum atomic E-state index is -0.101. The van der Waals surface area contributed by atoms with Crippen molar-refractivity contribution in [1.82, 2.24) is 15.5 Å². The number of amides is 1. The molecule has 3 saturated carbocycles. The molecule has 0 radical (unpaired) electrons. The van der Waals surface area contributed by atoms with E-state index in [2.05, 4.69) is 63.3 Å². The molecule has 3 unspecified atom stereocenters. The van der Waals surface area contributed by atoms with Gasteiger partial charge in [-0.2, -0.15) is 0 Å². The monoisotopic (exact) mass is 524 g/mol. The molecule has 4 fully saturated rings. The molecular weight excluding hydrogens is 468 g/mol. The minimum Gasteiger partial charge on any atom is -0.401 e. The number of likely N-dealkylation sites (tertiary alicyclic amines) is 1. The molecule has 0 aromatic carbocycles. The van der Waals surface area contributed by atoms with Gasteiger partial charge in [-0.1, -0.05) is 86.5 Å². The number of carbonyl (C=O) groups is 1. The van der Waals surface area contributed by atoms with Crippen LogP contribution in [0.2, 0.25) is 0 Å². The van der Waals surface area contributed by atoms with E-state index in [0.29, 0.717) is 5.92 Å². The van der Waals surface area contributed by atoms with Gasteiger partial charge in [-0.3, -0.25) is 4.79 Å². The number of nitrogens with one attached hydrogen (secondary N) is 2. The van der Waals surface area contributed by atoms with Crippen LogP contribution < -0.4 is 16.4 Å². The third-order valence-electron chi connectivity index (χ3n) is 10.6. The van der Waals surface area contributed by atoms with E-state index in [1.165, 1.54) is 44.9 Å². The zero-order valence-electron chi connectivity index (χ0n) is 25.1. The fraction of sp³-hybridized carbons (Fsp3) is 0.788. The molecule has 3 aliphatic carbocycles. The fourth-order valence-corrected chi connectivity index (χ4v) is 7.73. The Morgan fingerprint density at radius 2 is 1.58 bits per heavy atom. The lowest BCUT2D eigenvalue weighted by molar-refractivity contribution is -0.123. The van der Waals surface area contributed by atoms with Crippen molar-refractivity contribution < 1.29 is 4.79 Å². The first kappa shape index (κ1) is 29.1. The smallest absolute Gasteiger partial charge is 0.223 e. The molecule has 0 aromatic rings. The quantitative estimate of drug-likeness (QED) is 0.317. The molecule has 38 heavy (non-hydrogen) atoms. The summed E-state index contributed by atoms with van der Waals surface area (Å²) in [5.41, 5.74) is 9.63. The second-order valence-corrected chi connectivity index (χ2v) is 14.9. The van der Waals surface area contributed by atoms with Crippen molar-refractivity contribution in [2.45, 2.75) is 130 Å². The maximum Gasteiger partial charge on any atom is 0.223 e. The standard InChI is InChI=1S/C33H56N4O/c1-22(34)27-20-33(19-13-12-18-32(33,7)8)21-37(27)24(3)29(31(4,5)6)35-23(2)28(25-14-10-9-11-15-25)36-30(38)26-16-17-26/h25-29,35H,1-3,9-21,34H2,4-8H3,(H,36,38)/t27?,28?,29?,33-/m0/s1. The van der Waals surface area contributed by atoms with Gasteiger partial charge in [0.1, 0.15) is 0 Å². The van der Waals surface area contributed by atoms with Crippen LogP contribution >= 0.6 is 0 Å². The van der Waals surface area contributed by atoms with Gasteiger partial charge in [-0.15, -0.1) is 0 Å². The maximum atomic E-state index is 12.9. The van der Waals surface area contributed by atoms with Crippen molar-refractivity contribution in [3.05, 3.63) is 36.8 Å². The summed E-state index contributed by atoms with van der Waals surface area (Å²) in [6.45, 7) is 26.2. The predicted molar refractivity (Wildman–Crippen MR) is 159 cm³/mol. The number of hydrogen-bond acceptors (Lipinski definition) is 4. The molecule has 5 nitrogen and oxygen atoms in total. The first-order valence-corrected chi connectivity index (χ1v) is 15.4. The van der Waals surface area contributed by atoms with E-state index in [1.807, 2.05) is 0 Å². The summed E-state index contributed by atoms with van der Waals surface area (Å²) in [5, 5.41) is 7.27. The van der Waals surface area contributed by atoms with Crippen LogP contribution in [0.15, 0.2) is 36.8 Å². The Balaban J connectivity index is 1.57. The molecule has 0 aromatic heterocycles. The topological polar surface area (TPSA) is 70.4 Å². The Bertz CT molecular complexity index is 920. The molecule has 4 atom stereocenters. The van der Waals surface area contributed by atoms with E-state index < -0.39 is 0 Å². The number of nitrogens with two attached hydrogens (primary N) is 1. The van der Waals surface area contributed by atoms with Crippen molar-refractivity contribution in [3.8, 4) is 0 Å². The molecule has 1 amide bonds. The van der Waals surface area contributed by atoms with Gasteiger partial charge in [0.25, 0.3) is 0 Å². The van der Waals surface area contributed by atoms with E-state index in [-0.39, 0.29) is 46.2 Å². The molecule has 1 saturated heterocycles. The molecule has 1 heterocycles. The molecule has 4 N–H and O–H groups in total. The fourth-order valence-electron chi connectivity index (χ4n) is 7.73. The summed E-state index contributed by atoms with van der Waals surface area (Å²) in [7, 11) is 0. The summed E-state index contributed by atoms with van der Waals surface area (Å²) in [6, 6.07) is 0.0367. The second-order valence-electron chi connectivity index (χ2n) is 14.9. The minimum absolute atomic E-state index is 0.0254. The van der Waals surface area contributed by atoms with Crippen LogP contribution in [0.4, 0.5) is 0 Å². The highest BCUT2D eigenvalue weighted by Crippen LogP contribution is 2.58. The van der Waals surface area contributed by atoms with Crippen LogP contribution in [0.25, 0.3) is 0 Å². The zero-order chi connectivity index (χ0) is 27.9. The Labute approximate surface area is 233 Å². The second kappa shape index (κ2) is 10.9. The Hall–Kier alpha value is -1.91. The molecule has 1 spiro atoms. The summed E-state index contributed by atoms with van der Waals surface area (Å²) in [4.78, 5) is 15.4. The molecule has 214 valence electrons. The molecule has 5 heteroatoms. The van der Waals surface area contributed by atoms with Crippen molar-refractivity contribution in [2.24, 2.45) is 33.8 Å². The van der Waals surface area contributed by atoms with Crippen LogP contribution in [0, 0.1) is 28.1 Å². The van der Waals surface area contributed by atoms with Gasteiger partial charge in [0.05, 0.1) is 18.1 Å². The van der Waals surface area contributed by atoms with Gasteiger partial charge in [0, 0.05) is 29.6 Å². The van der Waals surface area contributed by atoms with Gasteiger partial charge in [-0.05, 0) is 67.1 Å². The van der Waals surface area contributed by atoms with Crippen LogP contribution in [-0.4, -0.2) is 35.5 Å². The highest BCUT2D eigenvalue weighted by Gasteiger charge is 2.55. The average Bonchev–Trinajstić information content (AvgIpc) is 3.62. The van der Waals surface area contributed by atoms with Crippen LogP contribution in [0.1, 0.15) is 112 Å². The molecule has 4 rings (SSSR count). The number of carbonyl (C=O) groups excluding carboxylic acids is 1. The first-order valence-electron chi connectivity index (χ1n) is 15.4. The van der Waals surface area contributed by atoms with E-state index in [1.54, 1.807) is 0 Å². The Morgan fingerprint density at radius 1 is 0.947 bits per heavy atom. The zero-order valence-corrected chi connectivity index (χ0v) is 25.1. The van der Waals surface area contributed by atoms with Crippen molar-refractivity contribution in [2.75, 3.05) is 6.54 Å². The summed E-state index contributed by atoms with van der Waals surface area (Å²) in [5.74, 6) is 0.836. The highest BCUT2D eigenvalue weighted by atomic mass is 16.2. The Morgan fingerprint density at radius 3 is 2.13 bits per heavy atom. The summed E-state index contributed by atoms with van der Waals surface area (Å²) in [6.07, 6.45) is 14.2. The highest BCUT2D eigenvalue weighted by molar-refractivity contribution is 5.81. The SMILES string of the molecule is C=C(NC(C(=C)N1C[C@]2(CCCCC2(C)C)CC1C(=C)N)C(C)(C)C)C(NC(=O)C1CC1)C1CCCCC1. The third kappa shape index (κ3) is 5.97. The van der Waals surface area contributed by atoms with Crippen LogP contribution in [0.5, 0.6) is 0 Å². The predicted octanol–water partition coefficient (Wildman–Crippen LogP) is 6.63. The van der Waals surface area contributed by atoms with E-state index in [0.717, 1.165) is 55.7 Å². The van der Waals surface area contributed by atoms with Gasteiger partial charge in [0.15, 0.2) is 0 Å². The Kier molecular flexibility index (Phi) is 8.36. The number of hydrogen-bond donors (Lipinski definition) is 3. The molecule has 0 bridgehead atoms. The first-order chi connectivity index (χ1) is 17.8. The largest absolute Gasteiger partial charge is 0.401 e. The molecule has 4 aliphatic rings. The van der Waals surface area contributed by atoms with Crippen molar-refractivity contribution in [3.63, 3.8) is 0 Å². The van der Waals surface area contributed by atoms with Crippen LogP contribution in [-0.2, 0) is 4.79 Å². The lowest BCUT2D eigenvalue weighted by Gasteiger charge is -2.48. The van der Waals surface area contributed by atoms with E-state index in [4.69, 9.17) is 12.3 Å². The average molecular weight is 525 g/mol. The maximum absolute atomic E-state index is 12.9. The molecular formula is C33H56N4O. The lowest BCUT2D eigenvalue weighted by Crippen LogP contribution is -2.53. The van der Waals surface area contributed by atoms with E-state index >= 15 is 0 Å². The van der Waals surface area contributed by atoms with Crippen LogP contribution in [0.3, 0.4) is 0 Å². The summed E-state index contributed by atoms with van der Waals surface area (Å²) < 4.78 is 0. The van der Waals surface area contributed by atoms with E-state index in [9.17, 15) is 4.79 Å². The molecule has 1 aliphatic heterocycles. The van der Waals surface area contributed by atoms with Crippen molar-refractivity contribution >= 4 is 5.91 Å². The van der Waals surface area contributed by atoms with Gasteiger partial charge >= 0.3 is 0 Å².